The van der Waals surface area contributed by atoms with E-state index in [4.69, 9.17) is 4.42 Å². The van der Waals surface area contributed by atoms with Crippen LogP contribution in [0.2, 0.25) is 0 Å². The van der Waals surface area contributed by atoms with Crippen LogP contribution in [0.1, 0.15) is 6.42 Å². The third-order valence-corrected chi connectivity index (χ3v) is 5.00. The molecule has 1 saturated heterocycles. The van der Waals surface area contributed by atoms with E-state index in [0.29, 0.717) is 23.2 Å². The number of carbonyl (C=O) groups is 2. The molecule has 0 spiro atoms. The zero-order chi connectivity index (χ0) is 19.0. The number of amides is 2. The highest BCUT2D eigenvalue weighted by Gasteiger charge is 2.35. The van der Waals surface area contributed by atoms with E-state index in [9.17, 15) is 14.4 Å². The SMILES string of the molecule is O=C(Nc1ccc2oc(=O)ccc2c1)C1CC(=O)N(c2cccc(Br)c2)C1. The molecule has 7 heteroatoms. The summed E-state index contributed by atoms with van der Waals surface area (Å²) in [5, 5.41) is 3.56. The molecule has 1 fully saturated rings. The van der Waals surface area contributed by atoms with Crippen LogP contribution in [-0.4, -0.2) is 18.4 Å². The minimum Gasteiger partial charge on any atom is -0.423 e. The normalized spacial score (nSPS) is 16.7. The van der Waals surface area contributed by atoms with Crippen molar-refractivity contribution in [2.24, 2.45) is 5.92 Å². The highest BCUT2D eigenvalue weighted by atomic mass is 79.9. The molecule has 2 aromatic carbocycles. The topological polar surface area (TPSA) is 79.6 Å². The van der Waals surface area contributed by atoms with Crippen molar-refractivity contribution < 1.29 is 14.0 Å². The third-order valence-electron chi connectivity index (χ3n) is 4.50. The Morgan fingerprint density at radius 3 is 2.78 bits per heavy atom. The summed E-state index contributed by atoms with van der Waals surface area (Å²) >= 11 is 3.40. The smallest absolute Gasteiger partial charge is 0.336 e. The van der Waals surface area contributed by atoms with Gasteiger partial charge in [0.1, 0.15) is 5.58 Å². The summed E-state index contributed by atoms with van der Waals surface area (Å²) in [6.07, 6.45) is 0.167. The van der Waals surface area contributed by atoms with Crippen molar-refractivity contribution >= 4 is 50.1 Å². The van der Waals surface area contributed by atoms with Crippen molar-refractivity contribution in [1.82, 2.24) is 0 Å². The van der Waals surface area contributed by atoms with Crippen molar-refractivity contribution in [3.05, 3.63) is 69.5 Å². The van der Waals surface area contributed by atoms with Gasteiger partial charge < -0.3 is 14.6 Å². The minimum atomic E-state index is -0.430. The predicted molar refractivity (Wildman–Crippen MR) is 106 cm³/mol. The van der Waals surface area contributed by atoms with Crippen molar-refractivity contribution in [2.45, 2.75) is 6.42 Å². The van der Waals surface area contributed by atoms with E-state index < -0.39 is 11.5 Å². The van der Waals surface area contributed by atoms with Crippen molar-refractivity contribution in [3.8, 4) is 0 Å². The molecule has 1 N–H and O–H groups in total. The lowest BCUT2D eigenvalue weighted by Crippen LogP contribution is -2.28. The molecule has 0 radical (unpaired) electrons. The Hall–Kier alpha value is -2.93. The van der Waals surface area contributed by atoms with Crippen LogP contribution in [0.4, 0.5) is 11.4 Å². The summed E-state index contributed by atoms with van der Waals surface area (Å²) in [6, 6.07) is 15.5. The lowest BCUT2D eigenvalue weighted by Gasteiger charge is -2.17. The van der Waals surface area contributed by atoms with E-state index in [1.54, 1.807) is 29.2 Å². The highest BCUT2D eigenvalue weighted by Crippen LogP contribution is 2.28. The molecule has 6 nitrogen and oxygen atoms in total. The van der Waals surface area contributed by atoms with E-state index in [-0.39, 0.29) is 18.2 Å². The number of fused-ring (bicyclic) bond motifs is 1. The Morgan fingerprint density at radius 2 is 1.96 bits per heavy atom. The first kappa shape index (κ1) is 17.5. The summed E-state index contributed by atoms with van der Waals surface area (Å²) < 4.78 is 5.96. The second kappa shape index (κ2) is 7.00. The molecule has 4 rings (SSSR count). The molecule has 1 unspecified atom stereocenters. The molecule has 136 valence electrons. The Morgan fingerprint density at radius 1 is 1.11 bits per heavy atom. The van der Waals surface area contributed by atoms with Gasteiger partial charge in [-0.3, -0.25) is 9.59 Å². The minimum absolute atomic E-state index is 0.0754. The second-order valence-corrected chi connectivity index (χ2v) is 7.30. The molecular weight excluding hydrogens is 412 g/mol. The highest BCUT2D eigenvalue weighted by molar-refractivity contribution is 9.10. The summed E-state index contributed by atoms with van der Waals surface area (Å²) in [5.74, 6) is -0.716. The molecule has 0 bridgehead atoms. The fraction of sp³-hybridized carbons (Fsp3) is 0.150. The number of nitrogens with zero attached hydrogens (tertiary/aromatic N) is 1. The average Bonchev–Trinajstić information content (AvgIpc) is 3.04. The maximum absolute atomic E-state index is 12.6. The van der Waals surface area contributed by atoms with Crippen molar-refractivity contribution in [3.63, 3.8) is 0 Å². The molecule has 27 heavy (non-hydrogen) atoms. The van der Waals surface area contributed by atoms with Gasteiger partial charge in [-0.2, -0.15) is 0 Å². The predicted octanol–water partition coefficient (Wildman–Crippen LogP) is 3.55. The Kier molecular flexibility index (Phi) is 4.53. The first-order valence-corrected chi connectivity index (χ1v) is 9.19. The monoisotopic (exact) mass is 426 g/mol. The maximum atomic E-state index is 12.6. The number of hydrogen-bond donors (Lipinski definition) is 1. The number of hydrogen-bond acceptors (Lipinski definition) is 4. The molecular formula is C20H15BrN2O4. The lowest BCUT2D eigenvalue weighted by atomic mass is 10.1. The Labute approximate surface area is 162 Å². The zero-order valence-corrected chi connectivity index (χ0v) is 15.7. The first-order chi connectivity index (χ1) is 13.0. The van der Waals surface area contributed by atoms with Crippen LogP contribution >= 0.6 is 15.9 Å². The van der Waals surface area contributed by atoms with Gasteiger partial charge in [-0.25, -0.2) is 4.79 Å². The number of anilines is 2. The van der Waals surface area contributed by atoms with Gasteiger partial charge in [-0.1, -0.05) is 22.0 Å². The lowest BCUT2D eigenvalue weighted by molar-refractivity contribution is -0.122. The molecule has 1 aromatic heterocycles. The van der Waals surface area contributed by atoms with Crippen LogP contribution in [0, 0.1) is 5.92 Å². The van der Waals surface area contributed by atoms with Crippen molar-refractivity contribution in [1.29, 1.82) is 0 Å². The average molecular weight is 427 g/mol. The van der Waals surface area contributed by atoms with Crippen LogP contribution < -0.4 is 15.8 Å². The number of nitrogens with one attached hydrogen (secondary N) is 1. The van der Waals surface area contributed by atoms with E-state index in [1.165, 1.54) is 6.07 Å². The fourth-order valence-electron chi connectivity index (χ4n) is 3.17. The Bertz CT molecular complexity index is 1110. The van der Waals surface area contributed by atoms with E-state index in [0.717, 1.165) is 10.2 Å². The van der Waals surface area contributed by atoms with Gasteiger partial charge in [0.05, 0.1) is 5.92 Å². The van der Waals surface area contributed by atoms with Crippen LogP contribution in [0.25, 0.3) is 11.0 Å². The molecule has 1 aliphatic rings. The van der Waals surface area contributed by atoms with Gasteiger partial charge in [-0.15, -0.1) is 0 Å². The fourth-order valence-corrected chi connectivity index (χ4v) is 3.56. The molecule has 0 aliphatic carbocycles. The van der Waals surface area contributed by atoms with E-state index >= 15 is 0 Å². The molecule has 2 amide bonds. The van der Waals surface area contributed by atoms with Gasteiger partial charge >= 0.3 is 5.63 Å². The number of benzene rings is 2. The maximum Gasteiger partial charge on any atom is 0.336 e. The number of carbonyl (C=O) groups excluding carboxylic acids is 2. The van der Waals surface area contributed by atoms with Gasteiger partial charge in [0.25, 0.3) is 0 Å². The van der Waals surface area contributed by atoms with Crippen molar-refractivity contribution in [2.75, 3.05) is 16.8 Å². The summed E-state index contributed by atoms with van der Waals surface area (Å²) in [7, 11) is 0. The van der Waals surface area contributed by atoms with E-state index in [1.807, 2.05) is 24.3 Å². The van der Waals surface area contributed by atoms with Gasteiger partial charge in [0.15, 0.2) is 0 Å². The van der Waals surface area contributed by atoms with E-state index in [2.05, 4.69) is 21.2 Å². The molecule has 1 atom stereocenters. The van der Waals surface area contributed by atoms with Crippen LogP contribution in [-0.2, 0) is 9.59 Å². The molecule has 3 aromatic rings. The molecule has 0 saturated carbocycles. The van der Waals surface area contributed by atoms with Gasteiger partial charge in [0, 0.05) is 40.3 Å². The number of halogens is 1. The van der Waals surface area contributed by atoms with Crippen LogP contribution in [0.5, 0.6) is 0 Å². The van der Waals surface area contributed by atoms with Crippen LogP contribution in [0.3, 0.4) is 0 Å². The summed E-state index contributed by atoms with van der Waals surface area (Å²) in [5.41, 5.74) is 1.40. The van der Waals surface area contributed by atoms with Gasteiger partial charge in [0.2, 0.25) is 11.8 Å². The largest absolute Gasteiger partial charge is 0.423 e. The molecule has 1 aliphatic heterocycles. The standard InChI is InChI=1S/C20H15BrN2O4/c21-14-2-1-3-16(10-14)23-11-13(9-18(23)24)20(26)22-15-5-6-17-12(8-15)4-7-19(25)27-17/h1-8,10,13H,9,11H2,(H,22,26). The first-order valence-electron chi connectivity index (χ1n) is 8.40. The quantitative estimate of drug-likeness (QED) is 0.649. The summed E-state index contributed by atoms with van der Waals surface area (Å²) in [6.45, 7) is 0.337. The third kappa shape index (κ3) is 3.64. The molecule has 2 heterocycles. The summed E-state index contributed by atoms with van der Waals surface area (Å²) in [4.78, 5) is 37.8. The van der Waals surface area contributed by atoms with Crippen LogP contribution in [0.15, 0.2) is 68.3 Å². The number of rotatable bonds is 3. The second-order valence-electron chi connectivity index (χ2n) is 6.38. The zero-order valence-electron chi connectivity index (χ0n) is 14.1. The van der Waals surface area contributed by atoms with Gasteiger partial charge in [-0.05, 0) is 42.5 Å². The Balaban J connectivity index is 1.49.